The Labute approximate surface area is 132 Å². The van der Waals surface area contributed by atoms with E-state index >= 15 is 0 Å². The van der Waals surface area contributed by atoms with Gasteiger partial charge in [-0.1, -0.05) is 29.3 Å². The molecule has 0 aliphatic heterocycles. The molecule has 1 aromatic carbocycles. The number of primary sulfonamides is 1. The van der Waals surface area contributed by atoms with E-state index in [9.17, 15) is 8.42 Å². The van der Waals surface area contributed by atoms with E-state index in [1.54, 1.807) is 12.4 Å². The first kappa shape index (κ1) is 16.0. The Kier molecular flexibility index (Phi) is 5.05. The lowest BCUT2D eigenvalue weighted by atomic mass is 10.2. The third-order valence-electron chi connectivity index (χ3n) is 2.66. The van der Waals surface area contributed by atoms with Gasteiger partial charge in [0.1, 0.15) is 10.6 Å². The molecule has 0 spiro atoms. The summed E-state index contributed by atoms with van der Waals surface area (Å²) in [6.45, 7) is 0.358. The lowest BCUT2D eigenvalue weighted by Gasteiger charge is -2.10. The van der Waals surface area contributed by atoms with E-state index in [-0.39, 0.29) is 14.9 Å². The van der Waals surface area contributed by atoms with Gasteiger partial charge in [-0.15, -0.1) is 0 Å². The lowest BCUT2D eigenvalue weighted by Crippen LogP contribution is -2.13. The standard InChI is InChI=1S/C13H12Cl2N2O3S/c14-10-7-13(21(16,18)19)11(15)6-12(10)20-5-3-9-2-1-4-17-8-9/h1-2,4,6-8H,3,5H2,(H2,16,18,19). The molecule has 1 heterocycles. The molecular formula is C13H12Cl2N2O3S. The van der Waals surface area contributed by atoms with E-state index in [4.69, 9.17) is 33.1 Å². The average Bonchev–Trinajstić information content (AvgIpc) is 2.42. The van der Waals surface area contributed by atoms with Gasteiger partial charge in [-0.05, 0) is 17.7 Å². The van der Waals surface area contributed by atoms with Crippen molar-refractivity contribution in [2.45, 2.75) is 11.3 Å². The van der Waals surface area contributed by atoms with Crippen LogP contribution in [0.15, 0.2) is 41.6 Å². The molecule has 0 atom stereocenters. The number of sulfonamides is 1. The van der Waals surface area contributed by atoms with Crippen LogP contribution in [0.5, 0.6) is 5.75 Å². The minimum absolute atomic E-state index is 0.0294. The summed E-state index contributed by atoms with van der Waals surface area (Å²) in [5.41, 5.74) is 1.01. The number of nitrogens with zero attached hydrogens (tertiary/aromatic N) is 1. The highest BCUT2D eigenvalue weighted by Gasteiger charge is 2.16. The van der Waals surface area contributed by atoms with Gasteiger partial charge in [-0.2, -0.15) is 0 Å². The minimum atomic E-state index is -3.92. The predicted molar refractivity (Wildman–Crippen MR) is 81.3 cm³/mol. The summed E-state index contributed by atoms with van der Waals surface area (Å²) in [6, 6.07) is 6.28. The Morgan fingerprint density at radius 3 is 2.62 bits per heavy atom. The third kappa shape index (κ3) is 4.31. The molecule has 112 valence electrons. The van der Waals surface area contributed by atoms with Gasteiger partial charge in [0.15, 0.2) is 0 Å². The van der Waals surface area contributed by atoms with Crippen molar-refractivity contribution >= 4 is 33.2 Å². The first-order chi connectivity index (χ1) is 9.88. The fourth-order valence-electron chi connectivity index (χ4n) is 1.66. The van der Waals surface area contributed by atoms with Crippen LogP contribution < -0.4 is 9.88 Å². The topological polar surface area (TPSA) is 82.3 Å². The molecule has 1 aromatic heterocycles. The zero-order valence-corrected chi connectivity index (χ0v) is 13.1. The first-order valence-corrected chi connectivity index (χ1v) is 8.21. The molecule has 0 radical (unpaired) electrons. The van der Waals surface area contributed by atoms with Crippen LogP contribution in [0, 0.1) is 0 Å². The zero-order chi connectivity index (χ0) is 15.5. The summed E-state index contributed by atoms with van der Waals surface area (Å²) in [6.07, 6.45) is 4.06. The van der Waals surface area contributed by atoms with Crippen molar-refractivity contribution in [3.63, 3.8) is 0 Å². The molecule has 0 saturated carbocycles. The summed E-state index contributed by atoms with van der Waals surface area (Å²) in [5.74, 6) is 0.304. The number of benzene rings is 1. The number of halogens is 2. The van der Waals surface area contributed by atoms with E-state index < -0.39 is 10.0 Å². The molecule has 21 heavy (non-hydrogen) atoms. The van der Waals surface area contributed by atoms with E-state index in [0.717, 1.165) is 5.56 Å². The maximum absolute atomic E-state index is 11.3. The quantitative estimate of drug-likeness (QED) is 0.901. The lowest BCUT2D eigenvalue weighted by molar-refractivity contribution is 0.322. The van der Waals surface area contributed by atoms with Crippen LogP contribution in [0.1, 0.15) is 5.56 Å². The van der Waals surface area contributed by atoms with Crippen molar-refractivity contribution in [3.8, 4) is 5.75 Å². The van der Waals surface area contributed by atoms with Gasteiger partial charge in [0.05, 0.1) is 16.7 Å². The fraction of sp³-hybridized carbons (Fsp3) is 0.154. The minimum Gasteiger partial charge on any atom is -0.492 e. The van der Waals surface area contributed by atoms with Crippen LogP contribution in [0.3, 0.4) is 0 Å². The molecule has 0 unspecified atom stereocenters. The first-order valence-electron chi connectivity index (χ1n) is 5.91. The maximum atomic E-state index is 11.3. The molecule has 0 bridgehead atoms. The van der Waals surface area contributed by atoms with Gasteiger partial charge in [-0.25, -0.2) is 13.6 Å². The van der Waals surface area contributed by atoms with Crippen molar-refractivity contribution in [2.75, 3.05) is 6.61 Å². The van der Waals surface area contributed by atoms with E-state index in [0.29, 0.717) is 18.8 Å². The Morgan fingerprint density at radius 1 is 1.24 bits per heavy atom. The van der Waals surface area contributed by atoms with Crippen molar-refractivity contribution in [1.82, 2.24) is 4.98 Å². The largest absolute Gasteiger partial charge is 0.492 e. The van der Waals surface area contributed by atoms with Gasteiger partial charge in [-0.3, -0.25) is 4.98 Å². The van der Waals surface area contributed by atoms with E-state index in [1.165, 1.54) is 12.1 Å². The molecule has 0 fully saturated rings. The van der Waals surface area contributed by atoms with E-state index in [2.05, 4.69) is 4.98 Å². The third-order valence-corrected chi connectivity index (χ3v) is 4.33. The summed E-state index contributed by atoms with van der Waals surface area (Å²) in [7, 11) is -3.92. The number of rotatable bonds is 5. The predicted octanol–water partition coefficient (Wildman–Crippen LogP) is 2.66. The number of hydrogen-bond acceptors (Lipinski definition) is 4. The summed E-state index contributed by atoms with van der Waals surface area (Å²) < 4.78 is 28.1. The molecule has 2 rings (SSSR count). The summed E-state index contributed by atoms with van der Waals surface area (Å²) >= 11 is 11.8. The van der Waals surface area contributed by atoms with Crippen molar-refractivity contribution < 1.29 is 13.2 Å². The van der Waals surface area contributed by atoms with Gasteiger partial charge in [0.2, 0.25) is 10.0 Å². The molecule has 0 aliphatic rings. The molecule has 0 amide bonds. The van der Waals surface area contributed by atoms with E-state index in [1.807, 2.05) is 12.1 Å². The second-order valence-electron chi connectivity index (χ2n) is 4.22. The summed E-state index contributed by atoms with van der Waals surface area (Å²) in [5, 5.41) is 5.14. The van der Waals surface area contributed by atoms with Crippen LogP contribution in [0.4, 0.5) is 0 Å². The van der Waals surface area contributed by atoms with Gasteiger partial charge < -0.3 is 4.74 Å². The van der Waals surface area contributed by atoms with Crippen LogP contribution >= 0.6 is 23.2 Å². The molecule has 0 saturated heterocycles. The Hall–Kier alpha value is -1.34. The molecule has 2 N–H and O–H groups in total. The highest BCUT2D eigenvalue weighted by molar-refractivity contribution is 7.89. The van der Waals surface area contributed by atoms with Gasteiger partial charge in [0, 0.05) is 24.9 Å². The smallest absolute Gasteiger partial charge is 0.239 e. The normalized spacial score (nSPS) is 11.4. The monoisotopic (exact) mass is 346 g/mol. The maximum Gasteiger partial charge on any atom is 0.239 e. The van der Waals surface area contributed by atoms with Crippen LogP contribution in [-0.4, -0.2) is 20.0 Å². The fourth-order valence-corrected chi connectivity index (χ4v) is 3.04. The van der Waals surface area contributed by atoms with Crippen molar-refractivity contribution in [1.29, 1.82) is 0 Å². The van der Waals surface area contributed by atoms with Gasteiger partial charge >= 0.3 is 0 Å². The number of aromatic nitrogens is 1. The number of nitrogens with two attached hydrogens (primary N) is 1. The Balaban J connectivity index is 2.09. The number of ether oxygens (including phenoxy) is 1. The molecule has 5 nitrogen and oxygen atoms in total. The molecular weight excluding hydrogens is 335 g/mol. The Morgan fingerprint density at radius 2 is 2.00 bits per heavy atom. The number of hydrogen-bond donors (Lipinski definition) is 1. The van der Waals surface area contributed by atoms with Gasteiger partial charge in [0.25, 0.3) is 0 Å². The second-order valence-corrected chi connectivity index (χ2v) is 6.56. The highest BCUT2D eigenvalue weighted by Crippen LogP contribution is 2.33. The summed E-state index contributed by atoms with van der Waals surface area (Å²) in [4.78, 5) is 3.77. The highest BCUT2D eigenvalue weighted by atomic mass is 35.5. The van der Waals surface area contributed by atoms with Crippen LogP contribution in [0.2, 0.25) is 10.0 Å². The van der Waals surface area contributed by atoms with Crippen molar-refractivity contribution in [3.05, 3.63) is 52.3 Å². The van der Waals surface area contributed by atoms with Crippen LogP contribution in [-0.2, 0) is 16.4 Å². The Bertz CT molecular complexity index is 737. The number of pyridine rings is 1. The zero-order valence-electron chi connectivity index (χ0n) is 10.8. The van der Waals surface area contributed by atoms with Crippen LogP contribution in [0.25, 0.3) is 0 Å². The second kappa shape index (κ2) is 6.62. The molecule has 2 aromatic rings. The SMILES string of the molecule is NS(=O)(=O)c1cc(Cl)c(OCCc2cccnc2)cc1Cl. The van der Waals surface area contributed by atoms with Crippen molar-refractivity contribution in [2.24, 2.45) is 5.14 Å². The average molecular weight is 347 g/mol. The molecule has 0 aliphatic carbocycles. The molecule has 8 heteroatoms.